The van der Waals surface area contributed by atoms with E-state index < -0.39 is 0 Å². The molecule has 1 unspecified atom stereocenters. The predicted octanol–water partition coefficient (Wildman–Crippen LogP) is 2.12. The first-order valence-electron chi connectivity index (χ1n) is 5.68. The molecule has 0 spiro atoms. The van der Waals surface area contributed by atoms with Crippen LogP contribution in [0, 0.1) is 12.3 Å². The Kier molecular flexibility index (Phi) is 4.38. The number of hydrazine groups is 1. The summed E-state index contributed by atoms with van der Waals surface area (Å²) in [6.45, 7) is 8.57. The lowest BCUT2D eigenvalue weighted by molar-refractivity contribution is 0.331. The number of hydrogen-bond donors (Lipinski definition) is 2. The van der Waals surface area contributed by atoms with E-state index in [0.717, 1.165) is 24.4 Å². The van der Waals surface area contributed by atoms with Crippen LogP contribution >= 0.6 is 0 Å². The average molecular weight is 222 g/mol. The van der Waals surface area contributed by atoms with Gasteiger partial charge in [-0.25, -0.2) is 9.97 Å². The minimum absolute atomic E-state index is 0.112. The van der Waals surface area contributed by atoms with E-state index in [0.29, 0.717) is 5.41 Å². The van der Waals surface area contributed by atoms with Crippen molar-refractivity contribution in [2.45, 2.75) is 46.6 Å². The Morgan fingerprint density at radius 1 is 1.44 bits per heavy atom. The molecule has 1 aromatic heterocycles. The van der Waals surface area contributed by atoms with Gasteiger partial charge in [0.05, 0.1) is 11.7 Å². The number of aromatic nitrogens is 2. The van der Waals surface area contributed by atoms with E-state index in [1.807, 2.05) is 13.0 Å². The SMILES string of the molecule is Cc1nccc(C(CCC(C)(C)C)NN)n1. The van der Waals surface area contributed by atoms with Gasteiger partial charge in [0.2, 0.25) is 0 Å². The minimum Gasteiger partial charge on any atom is -0.271 e. The summed E-state index contributed by atoms with van der Waals surface area (Å²) in [6, 6.07) is 2.03. The van der Waals surface area contributed by atoms with E-state index in [2.05, 4.69) is 36.2 Å². The molecule has 0 saturated heterocycles. The summed E-state index contributed by atoms with van der Waals surface area (Å²) in [4.78, 5) is 8.48. The van der Waals surface area contributed by atoms with Crippen molar-refractivity contribution < 1.29 is 0 Å². The summed E-state index contributed by atoms with van der Waals surface area (Å²) in [5, 5.41) is 0. The van der Waals surface area contributed by atoms with Gasteiger partial charge in [0.15, 0.2) is 0 Å². The van der Waals surface area contributed by atoms with Gasteiger partial charge in [-0.3, -0.25) is 11.3 Å². The van der Waals surface area contributed by atoms with Crippen LogP contribution in [0.1, 0.15) is 51.2 Å². The summed E-state index contributed by atoms with van der Waals surface area (Å²) < 4.78 is 0. The van der Waals surface area contributed by atoms with E-state index in [1.54, 1.807) is 6.20 Å². The highest BCUT2D eigenvalue weighted by atomic mass is 15.2. The number of nitrogens with two attached hydrogens (primary N) is 1. The molecule has 3 N–H and O–H groups in total. The fraction of sp³-hybridized carbons (Fsp3) is 0.667. The van der Waals surface area contributed by atoms with Crippen molar-refractivity contribution >= 4 is 0 Å². The maximum absolute atomic E-state index is 5.57. The van der Waals surface area contributed by atoms with Crippen molar-refractivity contribution in [3.63, 3.8) is 0 Å². The Morgan fingerprint density at radius 3 is 2.62 bits per heavy atom. The lowest BCUT2D eigenvalue weighted by atomic mass is 9.88. The van der Waals surface area contributed by atoms with E-state index in [1.165, 1.54) is 0 Å². The van der Waals surface area contributed by atoms with Gasteiger partial charge in [-0.2, -0.15) is 0 Å². The summed E-state index contributed by atoms with van der Waals surface area (Å²) in [7, 11) is 0. The summed E-state index contributed by atoms with van der Waals surface area (Å²) >= 11 is 0. The molecule has 0 aromatic carbocycles. The number of nitrogens with zero attached hydrogens (tertiary/aromatic N) is 2. The maximum atomic E-state index is 5.57. The number of nitrogens with one attached hydrogen (secondary N) is 1. The smallest absolute Gasteiger partial charge is 0.125 e. The molecule has 90 valence electrons. The Morgan fingerprint density at radius 2 is 2.12 bits per heavy atom. The highest BCUT2D eigenvalue weighted by Crippen LogP contribution is 2.26. The molecule has 0 fully saturated rings. The number of hydrogen-bond acceptors (Lipinski definition) is 4. The normalized spacial score (nSPS) is 13.8. The maximum Gasteiger partial charge on any atom is 0.125 e. The quantitative estimate of drug-likeness (QED) is 0.605. The first-order valence-corrected chi connectivity index (χ1v) is 5.68. The zero-order chi connectivity index (χ0) is 12.2. The van der Waals surface area contributed by atoms with Crippen LogP contribution in [-0.2, 0) is 0 Å². The third kappa shape index (κ3) is 4.24. The van der Waals surface area contributed by atoms with Crippen LogP contribution in [0.3, 0.4) is 0 Å². The molecule has 1 heterocycles. The predicted molar refractivity (Wildman–Crippen MR) is 65.5 cm³/mol. The van der Waals surface area contributed by atoms with E-state index in [4.69, 9.17) is 5.84 Å². The summed E-state index contributed by atoms with van der Waals surface area (Å²) in [5.74, 6) is 6.36. The van der Waals surface area contributed by atoms with Crippen molar-refractivity contribution in [2.24, 2.45) is 11.3 Å². The Balaban J connectivity index is 2.68. The van der Waals surface area contributed by atoms with Crippen molar-refractivity contribution in [3.05, 3.63) is 23.8 Å². The van der Waals surface area contributed by atoms with Gasteiger partial charge in [0.25, 0.3) is 0 Å². The van der Waals surface area contributed by atoms with Crippen molar-refractivity contribution in [2.75, 3.05) is 0 Å². The van der Waals surface area contributed by atoms with E-state index >= 15 is 0 Å². The first kappa shape index (κ1) is 13.1. The molecule has 0 aliphatic rings. The number of aryl methyl sites for hydroxylation is 1. The second-order valence-electron chi connectivity index (χ2n) is 5.35. The van der Waals surface area contributed by atoms with Crippen LogP contribution < -0.4 is 11.3 Å². The molecule has 1 atom stereocenters. The molecule has 1 rings (SSSR count). The average Bonchev–Trinajstić information content (AvgIpc) is 2.17. The lowest BCUT2D eigenvalue weighted by Crippen LogP contribution is -2.29. The molecular weight excluding hydrogens is 200 g/mol. The molecule has 1 aromatic rings. The fourth-order valence-electron chi connectivity index (χ4n) is 1.56. The molecule has 0 saturated carbocycles. The lowest BCUT2D eigenvalue weighted by Gasteiger charge is -2.22. The molecule has 0 bridgehead atoms. The van der Waals surface area contributed by atoms with Gasteiger partial charge >= 0.3 is 0 Å². The van der Waals surface area contributed by atoms with Crippen molar-refractivity contribution in [1.82, 2.24) is 15.4 Å². The molecule has 0 aliphatic carbocycles. The van der Waals surface area contributed by atoms with Gasteiger partial charge in [-0.05, 0) is 31.2 Å². The molecular formula is C12H22N4. The molecule has 0 aliphatic heterocycles. The van der Waals surface area contributed by atoms with Gasteiger partial charge in [-0.15, -0.1) is 0 Å². The van der Waals surface area contributed by atoms with Crippen molar-refractivity contribution in [1.29, 1.82) is 0 Å². The minimum atomic E-state index is 0.112. The van der Waals surface area contributed by atoms with Gasteiger partial charge in [-0.1, -0.05) is 20.8 Å². The van der Waals surface area contributed by atoms with Crippen LogP contribution in [0.5, 0.6) is 0 Å². The Labute approximate surface area is 97.7 Å². The first-order chi connectivity index (χ1) is 7.42. The van der Waals surface area contributed by atoms with Gasteiger partial charge in [0.1, 0.15) is 5.82 Å². The van der Waals surface area contributed by atoms with Gasteiger partial charge < -0.3 is 0 Å². The number of rotatable bonds is 4. The molecule has 16 heavy (non-hydrogen) atoms. The van der Waals surface area contributed by atoms with E-state index in [-0.39, 0.29) is 6.04 Å². The molecule has 0 radical (unpaired) electrons. The highest BCUT2D eigenvalue weighted by Gasteiger charge is 2.16. The Bertz CT molecular complexity index is 330. The standard InChI is InChI=1S/C12H22N4/c1-9-14-8-6-10(15-9)11(16-13)5-7-12(2,3)4/h6,8,11,16H,5,7,13H2,1-4H3. The largest absolute Gasteiger partial charge is 0.271 e. The zero-order valence-electron chi connectivity index (χ0n) is 10.6. The van der Waals surface area contributed by atoms with Crippen LogP contribution in [0.25, 0.3) is 0 Å². The zero-order valence-corrected chi connectivity index (χ0v) is 10.6. The van der Waals surface area contributed by atoms with Crippen LogP contribution in [-0.4, -0.2) is 9.97 Å². The second kappa shape index (κ2) is 5.37. The van der Waals surface area contributed by atoms with Crippen LogP contribution in [0.2, 0.25) is 0 Å². The summed E-state index contributed by atoms with van der Waals surface area (Å²) in [5.41, 5.74) is 4.12. The fourth-order valence-corrected chi connectivity index (χ4v) is 1.56. The van der Waals surface area contributed by atoms with Crippen molar-refractivity contribution in [3.8, 4) is 0 Å². The highest BCUT2D eigenvalue weighted by molar-refractivity contribution is 5.07. The monoisotopic (exact) mass is 222 g/mol. The third-order valence-corrected chi connectivity index (χ3v) is 2.54. The molecule has 0 amide bonds. The second-order valence-corrected chi connectivity index (χ2v) is 5.35. The molecule has 4 nitrogen and oxygen atoms in total. The van der Waals surface area contributed by atoms with E-state index in [9.17, 15) is 0 Å². The topological polar surface area (TPSA) is 63.8 Å². The van der Waals surface area contributed by atoms with Crippen LogP contribution in [0.4, 0.5) is 0 Å². The van der Waals surface area contributed by atoms with Crippen LogP contribution in [0.15, 0.2) is 12.3 Å². The third-order valence-electron chi connectivity index (χ3n) is 2.54. The Hall–Kier alpha value is -1.00. The van der Waals surface area contributed by atoms with Gasteiger partial charge in [0, 0.05) is 6.20 Å². The molecule has 4 heteroatoms. The summed E-state index contributed by atoms with van der Waals surface area (Å²) in [6.07, 6.45) is 3.86.